The predicted octanol–water partition coefficient (Wildman–Crippen LogP) is 5.91. The van der Waals surface area contributed by atoms with Crippen LogP contribution in [0.15, 0.2) is 18.3 Å². The Morgan fingerprint density at radius 3 is 2.59 bits per heavy atom. The molecular weight excluding hydrogens is 432 g/mol. The van der Waals surface area contributed by atoms with Crippen molar-refractivity contribution in [1.82, 2.24) is 9.78 Å². The van der Waals surface area contributed by atoms with E-state index in [-0.39, 0.29) is 6.73 Å². The average molecular weight is 455 g/mol. The van der Waals surface area contributed by atoms with Crippen molar-refractivity contribution in [1.29, 1.82) is 5.41 Å². The Hall–Kier alpha value is -0.863. The predicted molar refractivity (Wildman–Crippen MR) is 111 cm³/mol. The highest BCUT2D eigenvalue weighted by Crippen LogP contribution is 2.32. The number of halogens is 4. The van der Waals surface area contributed by atoms with Gasteiger partial charge in [0.05, 0.1) is 5.52 Å². The molecule has 0 aliphatic carbocycles. The van der Waals surface area contributed by atoms with Crippen LogP contribution in [0.2, 0.25) is 25.7 Å². The standard InChI is InChI=1S/C17H23Cl3FN3O2Si/c1-11(26-16(22)17(18,19)20)14-8-13(21)7-12-9-24(23-15(12)14)10-25-5-6-27(2,3)4/h7-9,11,22H,5-6,10H2,1-4H3/q-1. The van der Waals surface area contributed by atoms with Crippen LogP contribution in [-0.4, -0.2) is 34.2 Å². The lowest BCUT2D eigenvalue weighted by Crippen LogP contribution is -2.22. The van der Waals surface area contributed by atoms with E-state index in [0.29, 0.717) is 23.1 Å². The van der Waals surface area contributed by atoms with Crippen LogP contribution in [0.5, 0.6) is 0 Å². The van der Waals surface area contributed by atoms with Gasteiger partial charge in [0.25, 0.3) is 3.79 Å². The van der Waals surface area contributed by atoms with Crippen LogP contribution in [0.3, 0.4) is 0 Å². The van der Waals surface area contributed by atoms with Crippen LogP contribution < -0.4 is 0 Å². The number of fused-ring (bicyclic) bond motifs is 1. The first-order valence-electron chi connectivity index (χ1n) is 8.43. The van der Waals surface area contributed by atoms with Crippen molar-refractivity contribution in [3.63, 3.8) is 0 Å². The second-order valence-corrected chi connectivity index (χ2v) is 15.4. The lowest BCUT2D eigenvalue weighted by atomic mass is 10.1. The Balaban J connectivity index is 2.17. The average Bonchev–Trinajstić information content (AvgIpc) is 2.91. The lowest BCUT2D eigenvalue weighted by Gasteiger charge is -2.26. The van der Waals surface area contributed by atoms with Crippen LogP contribution >= 0.6 is 34.8 Å². The van der Waals surface area contributed by atoms with Crippen molar-refractivity contribution < 1.29 is 13.9 Å². The number of ether oxygens (including phenoxy) is 2. The molecule has 27 heavy (non-hydrogen) atoms. The van der Waals surface area contributed by atoms with E-state index in [4.69, 9.17) is 49.7 Å². The molecule has 5 nitrogen and oxygen atoms in total. The van der Waals surface area contributed by atoms with Crippen LogP contribution in [0.1, 0.15) is 18.6 Å². The molecule has 1 unspecified atom stereocenters. The van der Waals surface area contributed by atoms with E-state index in [1.54, 1.807) is 17.8 Å². The number of rotatable bonds is 7. The quantitative estimate of drug-likeness (QED) is 0.186. The first-order valence-corrected chi connectivity index (χ1v) is 13.3. The highest BCUT2D eigenvalue weighted by atomic mass is 35.6. The third kappa shape index (κ3) is 6.60. The summed E-state index contributed by atoms with van der Waals surface area (Å²) in [6, 6.07) is 3.75. The topological polar surface area (TPSA) is 60.1 Å². The van der Waals surface area contributed by atoms with Gasteiger partial charge in [0.2, 0.25) is 5.90 Å². The third-order valence-corrected chi connectivity index (χ3v) is 6.08. The third-order valence-electron chi connectivity index (χ3n) is 3.86. The number of benzene rings is 1. The molecule has 0 spiro atoms. The van der Waals surface area contributed by atoms with Crippen LogP contribution in [0.25, 0.3) is 10.9 Å². The largest absolute Gasteiger partial charge is 0.470 e. The van der Waals surface area contributed by atoms with Gasteiger partial charge >= 0.3 is 0 Å². The van der Waals surface area contributed by atoms with Crippen LogP contribution in [0, 0.1) is 11.2 Å². The normalized spacial score (nSPS) is 13.8. The number of hydrogen-bond donors (Lipinski definition) is 1. The van der Waals surface area contributed by atoms with Gasteiger partial charge in [-0.1, -0.05) is 34.8 Å². The summed E-state index contributed by atoms with van der Waals surface area (Å²) < 4.78 is 24.7. The Kier molecular flexibility index (Phi) is 7.19. The van der Waals surface area contributed by atoms with E-state index >= 15 is 0 Å². The summed E-state index contributed by atoms with van der Waals surface area (Å²) in [6.45, 7) is 9.42. The molecule has 0 fully saturated rings. The number of alkyl halides is 3. The number of nitrogens with zero attached hydrogens (tertiary/aromatic N) is 2. The lowest BCUT2D eigenvalue weighted by molar-refractivity contribution is 0.0790. The molecule has 1 N–H and O–H groups in total. The number of nitrogens with one attached hydrogen (secondary N) is 1. The zero-order chi connectivity index (χ0) is 20.4. The van der Waals surface area contributed by atoms with Crippen molar-refractivity contribution in [2.75, 3.05) is 6.61 Å². The number of hydrogen-bond acceptors (Lipinski definition) is 4. The van der Waals surface area contributed by atoms with Gasteiger partial charge in [0, 0.05) is 23.8 Å². The maximum atomic E-state index is 14.0. The fraction of sp³-hybridized carbons (Fsp3) is 0.529. The summed E-state index contributed by atoms with van der Waals surface area (Å²) in [5, 5.41) is 12.8. The Morgan fingerprint density at radius 1 is 1.33 bits per heavy atom. The highest BCUT2D eigenvalue weighted by Gasteiger charge is 2.31. The summed E-state index contributed by atoms with van der Waals surface area (Å²) in [6.07, 6.45) is 0.992. The van der Waals surface area contributed by atoms with E-state index in [9.17, 15) is 4.39 Å². The fourth-order valence-electron chi connectivity index (χ4n) is 2.39. The van der Waals surface area contributed by atoms with Crippen molar-refractivity contribution in [3.05, 3.63) is 29.7 Å². The molecule has 0 bridgehead atoms. The number of aromatic nitrogens is 2. The minimum absolute atomic E-state index is 0.277. The second-order valence-electron chi connectivity index (χ2n) is 7.54. The molecule has 0 radical (unpaired) electrons. The molecule has 1 atom stereocenters. The molecule has 151 valence electrons. The minimum Gasteiger partial charge on any atom is -0.470 e. The van der Waals surface area contributed by atoms with Crippen molar-refractivity contribution >= 4 is 59.7 Å². The van der Waals surface area contributed by atoms with Gasteiger partial charge in [0.15, 0.2) is 0 Å². The Labute approximate surface area is 174 Å². The van der Waals surface area contributed by atoms with E-state index in [1.165, 1.54) is 12.1 Å². The van der Waals surface area contributed by atoms with E-state index in [1.807, 2.05) is 0 Å². The van der Waals surface area contributed by atoms with Gasteiger partial charge in [-0.2, -0.15) is 24.7 Å². The highest BCUT2D eigenvalue weighted by molar-refractivity contribution is 6.76. The molecule has 1 heterocycles. The van der Waals surface area contributed by atoms with Crippen molar-refractivity contribution in [3.8, 4) is 0 Å². The zero-order valence-corrected chi connectivity index (χ0v) is 18.9. The molecule has 2 rings (SSSR count). The van der Waals surface area contributed by atoms with Crippen LogP contribution in [-0.2, 0) is 16.2 Å². The smallest absolute Gasteiger partial charge is 0.265 e. The molecule has 0 saturated carbocycles. The van der Waals surface area contributed by atoms with Gasteiger partial charge in [0.1, 0.15) is 18.7 Å². The Bertz CT molecular complexity index is 818. The van der Waals surface area contributed by atoms with Crippen molar-refractivity contribution in [2.45, 2.75) is 49.2 Å². The molecule has 0 amide bonds. The summed E-state index contributed by atoms with van der Waals surface area (Å²) in [5.41, 5.74) is 1.01. The van der Waals surface area contributed by atoms with E-state index in [2.05, 4.69) is 24.7 Å². The van der Waals surface area contributed by atoms with Gasteiger partial charge in [-0.15, -0.1) is 14.1 Å². The first-order chi connectivity index (χ1) is 12.4. The monoisotopic (exact) mass is 453 g/mol. The SMILES string of the molecule is CC(OC(=N)C(Cl)(Cl)Cl)c1cc(F)cc2cn(COCC[Si-](C)(C)C)nc12. The van der Waals surface area contributed by atoms with E-state index < -0.39 is 29.7 Å². The minimum atomic E-state index is -1.98. The summed E-state index contributed by atoms with van der Waals surface area (Å²) >= 11 is 16.9. The molecule has 2 aromatic rings. The van der Waals surface area contributed by atoms with Gasteiger partial charge < -0.3 is 9.47 Å². The molecule has 0 aliphatic heterocycles. The zero-order valence-electron chi connectivity index (χ0n) is 15.7. The molecule has 0 aliphatic rings. The molecular formula is C17H23Cl3FN3O2Si-. The van der Waals surface area contributed by atoms with Gasteiger partial charge in [-0.25, -0.2) is 9.07 Å². The maximum Gasteiger partial charge on any atom is 0.265 e. The molecule has 1 aromatic carbocycles. The molecule has 1 aromatic heterocycles. The summed E-state index contributed by atoms with van der Waals surface area (Å²) in [7, 11) is -1.16. The van der Waals surface area contributed by atoms with Gasteiger partial charge in [-0.3, -0.25) is 5.41 Å². The maximum absolute atomic E-state index is 14.0. The molecule has 10 heteroatoms. The van der Waals surface area contributed by atoms with Crippen molar-refractivity contribution in [2.24, 2.45) is 0 Å². The first kappa shape index (κ1) is 22.4. The second kappa shape index (κ2) is 8.65. The summed E-state index contributed by atoms with van der Waals surface area (Å²) in [5.74, 6) is -0.973. The summed E-state index contributed by atoms with van der Waals surface area (Å²) in [4.78, 5) is 0. The van der Waals surface area contributed by atoms with Gasteiger partial charge in [-0.05, 0) is 19.1 Å². The fourth-order valence-corrected chi connectivity index (χ4v) is 3.28. The molecule has 0 saturated heterocycles. The van der Waals surface area contributed by atoms with Crippen LogP contribution in [0.4, 0.5) is 4.39 Å². The van der Waals surface area contributed by atoms with E-state index in [0.717, 1.165) is 6.04 Å². The Morgan fingerprint density at radius 2 is 2.00 bits per heavy atom.